The van der Waals surface area contributed by atoms with Gasteiger partial charge in [-0.15, -0.1) is 0 Å². The maximum absolute atomic E-state index is 12.9. The number of carboxylic acids is 1. The van der Waals surface area contributed by atoms with Crippen LogP contribution < -0.4 is 10.1 Å². The zero-order valence-corrected chi connectivity index (χ0v) is 20.0. The van der Waals surface area contributed by atoms with Gasteiger partial charge in [0.05, 0.1) is 11.3 Å². The summed E-state index contributed by atoms with van der Waals surface area (Å²) in [6.45, 7) is 4.11. The number of rotatable bonds is 13. The third kappa shape index (κ3) is 7.02. The lowest BCUT2D eigenvalue weighted by atomic mass is 10.0. The van der Waals surface area contributed by atoms with E-state index in [1.165, 1.54) is 0 Å². The molecule has 35 heavy (non-hydrogen) atoms. The number of fused-ring (bicyclic) bond motifs is 1. The highest BCUT2D eigenvalue weighted by molar-refractivity contribution is 6.09. The summed E-state index contributed by atoms with van der Waals surface area (Å²) in [5.74, 6) is -0.888. The molecule has 0 amide bonds. The average Bonchev–Trinajstić information content (AvgIpc) is 2.83. The fraction of sp³-hybridized carbons (Fsp3) is 0.333. The van der Waals surface area contributed by atoms with Gasteiger partial charge in [0.25, 0.3) is 0 Å². The first kappa shape index (κ1) is 25.7. The molecule has 2 N–H and O–H groups in total. The number of carbonyl (C=O) groups excluding carboxylic acids is 2. The number of Topliss-reactive ketones (excluding diaryl/α,β-unsaturated/α-hetero) is 1. The summed E-state index contributed by atoms with van der Waals surface area (Å²) in [7, 11) is 0. The van der Waals surface area contributed by atoms with Gasteiger partial charge in [0.1, 0.15) is 24.5 Å². The number of hydrogen-bond donors (Lipinski definition) is 2. The molecule has 0 fully saturated rings. The second-order valence-electron chi connectivity index (χ2n) is 8.13. The number of ether oxygens (including phenoxy) is 2. The quantitative estimate of drug-likeness (QED) is 0.189. The fourth-order valence-corrected chi connectivity index (χ4v) is 3.63. The number of aliphatic carboxylic acids is 1. The van der Waals surface area contributed by atoms with Crippen molar-refractivity contribution in [2.45, 2.75) is 46.0 Å². The van der Waals surface area contributed by atoms with Crippen LogP contribution in [0.2, 0.25) is 0 Å². The Hall–Kier alpha value is -3.94. The first-order valence-electron chi connectivity index (χ1n) is 11.7. The highest BCUT2D eigenvalue weighted by Gasteiger charge is 2.18. The number of nitrogens with zero attached hydrogens (tertiary/aromatic N) is 1. The van der Waals surface area contributed by atoms with Crippen LogP contribution in [0.15, 0.2) is 48.7 Å². The Kier molecular flexibility index (Phi) is 9.17. The van der Waals surface area contributed by atoms with Gasteiger partial charge >= 0.3 is 11.9 Å². The molecule has 0 saturated heterocycles. The van der Waals surface area contributed by atoms with Crippen LogP contribution in [0.5, 0.6) is 5.75 Å². The molecule has 3 aromatic rings. The highest BCUT2D eigenvalue weighted by Crippen LogP contribution is 2.35. The van der Waals surface area contributed by atoms with Crippen LogP contribution in [-0.2, 0) is 14.3 Å². The molecule has 0 aliphatic heterocycles. The van der Waals surface area contributed by atoms with Gasteiger partial charge in [0, 0.05) is 36.5 Å². The topological polar surface area (TPSA) is 115 Å². The summed E-state index contributed by atoms with van der Waals surface area (Å²) >= 11 is 0. The van der Waals surface area contributed by atoms with Gasteiger partial charge in [-0.2, -0.15) is 0 Å². The van der Waals surface area contributed by atoms with E-state index in [9.17, 15) is 14.4 Å². The maximum Gasteiger partial charge on any atom is 0.305 e. The van der Waals surface area contributed by atoms with Crippen molar-refractivity contribution in [1.29, 1.82) is 0 Å². The van der Waals surface area contributed by atoms with Crippen molar-refractivity contribution in [2.24, 2.45) is 0 Å². The van der Waals surface area contributed by atoms with Crippen LogP contribution in [0.3, 0.4) is 0 Å². The van der Waals surface area contributed by atoms with E-state index in [1.807, 2.05) is 50.2 Å². The number of hydrogen-bond acceptors (Lipinski definition) is 7. The molecule has 1 heterocycles. The third-order valence-corrected chi connectivity index (χ3v) is 5.42. The van der Waals surface area contributed by atoms with Crippen LogP contribution in [-0.4, -0.2) is 41.0 Å². The van der Waals surface area contributed by atoms with E-state index in [0.717, 1.165) is 23.1 Å². The Morgan fingerprint density at radius 1 is 1.00 bits per heavy atom. The molecule has 0 unspecified atom stereocenters. The van der Waals surface area contributed by atoms with E-state index in [1.54, 1.807) is 12.3 Å². The van der Waals surface area contributed by atoms with E-state index in [-0.39, 0.29) is 38.3 Å². The fourth-order valence-electron chi connectivity index (χ4n) is 3.63. The molecular formula is C27H30N2O6. The van der Waals surface area contributed by atoms with E-state index >= 15 is 0 Å². The van der Waals surface area contributed by atoms with E-state index in [4.69, 9.17) is 14.6 Å². The predicted molar refractivity (Wildman–Crippen MR) is 133 cm³/mol. The Bertz CT molecular complexity index is 1210. The molecule has 1 aromatic heterocycles. The van der Waals surface area contributed by atoms with Crippen molar-refractivity contribution in [3.8, 4) is 5.75 Å². The Balaban J connectivity index is 1.80. The minimum atomic E-state index is -0.944. The first-order valence-corrected chi connectivity index (χ1v) is 11.7. The molecule has 184 valence electrons. The van der Waals surface area contributed by atoms with Crippen molar-refractivity contribution in [3.63, 3.8) is 0 Å². The van der Waals surface area contributed by atoms with E-state index in [0.29, 0.717) is 28.9 Å². The maximum atomic E-state index is 12.9. The summed E-state index contributed by atoms with van der Waals surface area (Å²) in [6.07, 6.45) is 2.94. The Morgan fingerprint density at radius 3 is 2.54 bits per heavy atom. The molecule has 8 nitrogen and oxygen atoms in total. The molecule has 0 aliphatic carbocycles. The lowest BCUT2D eigenvalue weighted by molar-refractivity contribution is -0.144. The summed E-state index contributed by atoms with van der Waals surface area (Å²) in [5, 5.41) is 12.8. The van der Waals surface area contributed by atoms with Crippen molar-refractivity contribution in [3.05, 3.63) is 59.8 Å². The van der Waals surface area contributed by atoms with Crippen molar-refractivity contribution >= 4 is 40.0 Å². The number of carbonyl (C=O) groups is 3. The number of esters is 1. The zero-order chi connectivity index (χ0) is 25.2. The van der Waals surface area contributed by atoms with Gasteiger partial charge in [-0.05, 0) is 37.5 Å². The first-order chi connectivity index (χ1) is 16.9. The third-order valence-electron chi connectivity index (χ3n) is 5.42. The van der Waals surface area contributed by atoms with Crippen LogP contribution >= 0.6 is 0 Å². The number of benzene rings is 2. The van der Waals surface area contributed by atoms with Gasteiger partial charge < -0.3 is 19.9 Å². The predicted octanol–water partition coefficient (Wildman–Crippen LogP) is 5.45. The number of nitrogens with one attached hydrogen (secondary N) is 1. The number of carboxylic acid groups (broad SMARTS) is 1. The normalized spacial score (nSPS) is 10.7. The molecule has 3 rings (SSSR count). The lowest BCUT2D eigenvalue weighted by Gasteiger charge is -2.17. The van der Waals surface area contributed by atoms with E-state index in [2.05, 4.69) is 10.3 Å². The summed E-state index contributed by atoms with van der Waals surface area (Å²) < 4.78 is 11.0. The van der Waals surface area contributed by atoms with Gasteiger partial charge in [0.2, 0.25) is 0 Å². The van der Waals surface area contributed by atoms with Gasteiger partial charge in [-0.25, -0.2) is 0 Å². The number of anilines is 2. The minimum Gasteiger partial charge on any atom is -0.488 e. The van der Waals surface area contributed by atoms with Crippen molar-refractivity contribution in [2.75, 3.05) is 18.5 Å². The Morgan fingerprint density at radius 2 is 1.80 bits per heavy atom. The monoisotopic (exact) mass is 478 g/mol. The smallest absolute Gasteiger partial charge is 0.305 e. The average molecular weight is 479 g/mol. The highest BCUT2D eigenvalue weighted by atomic mass is 16.6. The number of aromatic nitrogens is 1. The molecular weight excluding hydrogens is 448 g/mol. The Labute approximate surface area is 204 Å². The van der Waals surface area contributed by atoms with Gasteiger partial charge in [-0.1, -0.05) is 37.3 Å². The van der Waals surface area contributed by atoms with Crippen LogP contribution in [0, 0.1) is 6.92 Å². The summed E-state index contributed by atoms with van der Waals surface area (Å²) in [5.41, 5.74) is 3.73. The minimum absolute atomic E-state index is 0.0131. The second kappa shape index (κ2) is 12.5. The molecule has 0 bridgehead atoms. The molecule has 0 spiro atoms. The SMILES string of the molecule is CCCC(=O)c1cnc2c(OCCOC(=O)CCCC(=O)O)cccc2c1Nc1ccccc1C. The standard InChI is InChI=1S/C27H30N2O6/c1-3-8-22(30)20-17-28-27-19(26(20)29-21-11-5-4-9-18(21)2)10-6-12-23(27)34-15-16-35-25(33)14-7-13-24(31)32/h4-6,9-12,17H,3,7-8,13-16H2,1-2H3,(H,28,29)(H,31,32). The summed E-state index contributed by atoms with van der Waals surface area (Å²) in [4.78, 5) is 39.7. The molecule has 0 saturated carbocycles. The lowest BCUT2D eigenvalue weighted by Crippen LogP contribution is -2.13. The van der Waals surface area contributed by atoms with Crippen molar-refractivity contribution < 1.29 is 29.0 Å². The molecule has 0 aliphatic rings. The molecule has 0 atom stereocenters. The number of aryl methyl sites for hydroxylation is 1. The van der Waals surface area contributed by atoms with Gasteiger partial charge in [-0.3, -0.25) is 19.4 Å². The number of pyridine rings is 1. The van der Waals surface area contributed by atoms with Crippen LogP contribution in [0.4, 0.5) is 11.4 Å². The summed E-state index contributed by atoms with van der Waals surface area (Å²) in [6, 6.07) is 13.3. The zero-order valence-electron chi connectivity index (χ0n) is 20.0. The largest absolute Gasteiger partial charge is 0.488 e. The van der Waals surface area contributed by atoms with E-state index < -0.39 is 11.9 Å². The second-order valence-corrected chi connectivity index (χ2v) is 8.13. The molecule has 8 heteroatoms. The van der Waals surface area contributed by atoms with Crippen molar-refractivity contribution in [1.82, 2.24) is 4.98 Å². The molecule has 0 radical (unpaired) electrons. The number of para-hydroxylation sites is 2. The van der Waals surface area contributed by atoms with Crippen LogP contribution in [0.25, 0.3) is 10.9 Å². The molecule has 2 aromatic carbocycles. The number of ketones is 1. The van der Waals surface area contributed by atoms with Gasteiger partial charge in [0.15, 0.2) is 5.78 Å². The van der Waals surface area contributed by atoms with Crippen LogP contribution in [0.1, 0.15) is 54.9 Å².